The van der Waals surface area contributed by atoms with Crippen LogP contribution in [0.15, 0.2) is 42.6 Å². The Kier molecular flexibility index (Phi) is 9.05. The van der Waals surface area contributed by atoms with E-state index in [9.17, 15) is 24.3 Å². The molecule has 2 aromatic rings. The van der Waals surface area contributed by atoms with Gasteiger partial charge in [0.05, 0.1) is 13.0 Å². The number of ether oxygens (including phenoxy) is 4. The maximum absolute atomic E-state index is 13.2. The van der Waals surface area contributed by atoms with Crippen molar-refractivity contribution in [1.82, 2.24) is 10.3 Å². The van der Waals surface area contributed by atoms with E-state index >= 15 is 0 Å². The molecule has 11 heteroatoms. The van der Waals surface area contributed by atoms with E-state index < -0.39 is 72.0 Å². The van der Waals surface area contributed by atoms with Gasteiger partial charge in [-0.05, 0) is 18.9 Å². The molecule has 0 spiro atoms. The number of pyridine rings is 1. The number of hydrogen-bond donors (Lipinski definition) is 2. The van der Waals surface area contributed by atoms with E-state index in [2.05, 4.69) is 10.3 Å². The van der Waals surface area contributed by atoms with Crippen molar-refractivity contribution in [2.45, 2.75) is 45.4 Å². The van der Waals surface area contributed by atoms with Gasteiger partial charge in [-0.2, -0.15) is 0 Å². The fraction of sp³-hybridized carbons (Fsp3) is 0.423. The summed E-state index contributed by atoms with van der Waals surface area (Å²) in [5.74, 6) is -5.10. The number of nitrogens with zero attached hydrogens (tertiary/aromatic N) is 1. The Morgan fingerprint density at radius 1 is 1.24 bits per heavy atom. The average molecular weight is 517 g/mol. The molecule has 11 nitrogen and oxygen atoms in total. The third-order valence-electron chi connectivity index (χ3n) is 5.79. The number of carbonyl (C=O) groups is 4. The summed E-state index contributed by atoms with van der Waals surface area (Å²) in [6.07, 6.45) is -0.766. The minimum atomic E-state index is -1.41. The summed E-state index contributed by atoms with van der Waals surface area (Å²) >= 11 is 0. The SMILES string of the molecule is COc1ccnc(C(=O)N[C@H]2COC(=O)[C@H](Cc3cccc[14cH]3)[C@@H](OC(=O)C(C)C)[C@H](C)OC2=O)c1O. The van der Waals surface area contributed by atoms with Crippen LogP contribution in [0.25, 0.3) is 0 Å². The summed E-state index contributed by atoms with van der Waals surface area (Å²) in [5, 5.41) is 12.6. The van der Waals surface area contributed by atoms with E-state index in [-0.39, 0.29) is 12.2 Å². The van der Waals surface area contributed by atoms with E-state index in [1.54, 1.807) is 13.8 Å². The quantitative estimate of drug-likeness (QED) is 0.412. The number of aromatic nitrogens is 1. The van der Waals surface area contributed by atoms with Crippen molar-refractivity contribution in [3.63, 3.8) is 0 Å². The number of cyclic esters (lactones) is 2. The van der Waals surface area contributed by atoms with E-state index in [0.29, 0.717) is 0 Å². The van der Waals surface area contributed by atoms with Crippen LogP contribution in [0.2, 0.25) is 0 Å². The first-order valence-corrected chi connectivity index (χ1v) is 11.8. The van der Waals surface area contributed by atoms with Crippen LogP contribution in [0.3, 0.4) is 0 Å². The number of aromatic hydroxyl groups is 1. The Bertz CT molecular complexity index is 1140. The molecule has 3 rings (SSSR count). The van der Waals surface area contributed by atoms with Crippen molar-refractivity contribution in [3.05, 3.63) is 53.9 Å². The second-order valence-corrected chi connectivity index (χ2v) is 8.86. The predicted octanol–water partition coefficient (Wildman–Crippen LogP) is 1.81. The van der Waals surface area contributed by atoms with E-state index in [4.69, 9.17) is 18.9 Å². The summed E-state index contributed by atoms with van der Waals surface area (Å²) in [6, 6.07) is 9.01. The molecule has 4 atom stereocenters. The number of rotatable bonds is 7. The van der Waals surface area contributed by atoms with Gasteiger partial charge in [-0.25, -0.2) is 9.78 Å². The molecule has 2 heterocycles. The zero-order valence-corrected chi connectivity index (χ0v) is 21.0. The van der Waals surface area contributed by atoms with Crippen LogP contribution in [-0.2, 0) is 35.0 Å². The van der Waals surface area contributed by atoms with E-state index in [1.165, 1.54) is 26.3 Å². The first-order chi connectivity index (χ1) is 17.6. The molecule has 1 aromatic carbocycles. The third kappa shape index (κ3) is 6.75. The maximum atomic E-state index is 13.2. The van der Waals surface area contributed by atoms with Gasteiger partial charge in [0.1, 0.15) is 18.6 Å². The number of nitrogens with one attached hydrogen (secondary N) is 1. The number of hydrogen-bond acceptors (Lipinski definition) is 10. The fourth-order valence-corrected chi connectivity index (χ4v) is 3.74. The average Bonchev–Trinajstić information content (AvgIpc) is 2.91. The van der Waals surface area contributed by atoms with Crippen molar-refractivity contribution in [2.75, 3.05) is 13.7 Å². The summed E-state index contributed by atoms with van der Waals surface area (Å²) in [4.78, 5) is 55.3. The van der Waals surface area contributed by atoms with Crippen LogP contribution in [0.4, 0.5) is 0 Å². The molecular weight excluding hydrogens is 486 g/mol. The van der Waals surface area contributed by atoms with Crippen LogP contribution in [0.1, 0.15) is 36.8 Å². The molecular formula is C26H30N2O9. The number of benzene rings is 1. The predicted molar refractivity (Wildman–Crippen MR) is 129 cm³/mol. The molecule has 0 bridgehead atoms. The van der Waals surface area contributed by atoms with Gasteiger partial charge in [0.15, 0.2) is 29.3 Å². The van der Waals surface area contributed by atoms with E-state index in [0.717, 1.165) is 5.56 Å². The smallest absolute Gasteiger partial charge is 0.332 e. The highest BCUT2D eigenvalue weighted by atomic mass is 16.6. The Morgan fingerprint density at radius 2 is 2.00 bits per heavy atom. The molecule has 1 saturated heterocycles. The van der Waals surface area contributed by atoms with Crippen LogP contribution in [0.5, 0.6) is 11.5 Å². The summed E-state index contributed by atoms with van der Waals surface area (Å²) < 4.78 is 21.5. The molecule has 1 aromatic heterocycles. The van der Waals surface area contributed by atoms with Crippen molar-refractivity contribution in [2.24, 2.45) is 11.8 Å². The molecule has 2 N–H and O–H groups in total. The first kappa shape index (κ1) is 27.4. The van der Waals surface area contributed by atoms with Gasteiger partial charge in [0.25, 0.3) is 5.91 Å². The minimum Gasteiger partial charge on any atom is -0.503 e. The summed E-state index contributed by atoms with van der Waals surface area (Å²) in [7, 11) is 1.31. The van der Waals surface area contributed by atoms with Gasteiger partial charge >= 0.3 is 17.9 Å². The number of carbonyl (C=O) groups excluding carboxylic acids is 4. The standard InChI is InChI=1S/C26H30N2O9/c1-14(2)24(31)37-22-15(3)36-26(33)18(28-23(30)20-21(29)19(34-4)10-11-27-20)13-35-25(32)17(22)12-16-8-6-5-7-9-16/h5-11,14-15,17-18,22,29H,12-13H2,1-4H3,(H,28,30)/t15-,17+,18-,22-/m0/s1/i8+2. The zero-order valence-electron chi connectivity index (χ0n) is 21.0. The summed E-state index contributed by atoms with van der Waals surface area (Å²) in [6.45, 7) is 4.25. The van der Waals surface area contributed by atoms with Crippen LogP contribution < -0.4 is 10.1 Å². The van der Waals surface area contributed by atoms with Gasteiger partial charge in [-0.1, -0.05) is 44.2 Å². The Morgan fingerprint density at radius 3 is 2.65 bits per heavy atom. The monoisotopic (exact) mass is 516 g/mol. The van der Waals surface area contributed by atoms with Gasteiger partial charge in [0.2, 0.25) is 0 Å². The molecule has 1 aliphatic heterocycles. The van der Waals surface area contributed by atoms with Crippen molar-refractivity contribution in [3.8, 4) is 11.5 Å². The highest BCUT2D eigenvalue weighted by Gasteiger charge is 2.42. The Labute approximate surface area is 214 Å². The van der Waals surface area contributed by atoms with Gasteiger partial charge in [-0.3, -0.25) is 14.4 Å². The lowest BCUT2D eigenvalue weighted by molar-refractivity contribution is -0.176. The second-order valence-electron chi connectivity index (χ2n) is 8.86. The molecule has 37 heavy (non-hydrogen) atoms. The van der Waals surface area contributed by atoms with Gasteiger partial charge in [-0.15, -0.1) is 0 Å². The Hall–Kier alpha value is -4.15. The normalized spacial score (nSPS) is 22.1. The lowest BCUT2D eigenvalue weighted by Gasteiger charge is -2.29. The first-order valence-electron chi connectivity index (χ1n) is 11.8. The molecule has 0 radical (unpaired) electrons. The molecule has 0 saturated carbocycles. The second kappa shape index (κ2) is 12.2. The summed E-state index contributed by atoms with van der Waals surface area (Å²) in [5.41, 5.74) is 0.398. The van der Waals surface area contributed by atoms with Crippen molar-refractivity contribution in [1.29, 1.82) is 0 Å². The maximum Gasteiger partial charge on any atom is 0.332 e. The molecule has 198 valence electrons. The zero-order chi connectivity index (χ0) is 27.1. The highest BCUT2D eigenvalue weighted by Crippen LogP contribution is 2.28. The largest absolute Gasteiger partial charge is 0.503 e. The van der Waals surface area contributed by atoms with E-state index in [1.807, 2.05) is 30.3 Å². The van der Waals surface area contributed by atoms with Gasteiger partial charge < -0.3 is 29.4 Å². The molecule has 0 unspecified atom stereocenters. The number of esters is 3. The van der Waals surface area contributed by atoms with Crippen LogP contribution in [-0.4, -0.2) is 65.9 Å². The van der Waals surface area contributed by atoms with Crippen LogP contribution in [0, 0.1) is 11.8 Å². The topological polar surface area (TPSA) is 150 Å². The highest BCUT2D eigenvalue weighted by molar-refractivity contribution is 5.98. The lowest BCUT2D eigenvalue weighted by atomic mass is 9.92. The molecule has 1 fully saturated rings. The Balaban J connectivity index is 1.87. The minimum absolute atomic E-state index is 0.0100. The third-order valence-corrected chi connectivity index (χ3v) is 5.79. The molecule has 1 aliphatic rings. The lowest BCUT2D eigenvalue weighted by Crippen LogP contribution is -2.47. The molecule has 1 amide bonds. The fourth-order valence-electron chi connectivity index (χ4n) is 3.74. The number of amides is 1. The molecule has 0 aliphatic carbocycles. The van der Waals surface area contributed by atoms with Crippen molar-refractivity contribution < 1.29 is 43.2 Å². The van der Waals surface area contributed by atoms with Crippen LogP contribution >= 0.6 is 0 Å². The van der Waals surface area contributed by atoms with Gasteiger partial charge in [0, 0.05) is 12.3 Å². The van der Waals surface area contributed by atoms with Crippen molar-refractivity contribution >= 4 is 23.8 Å². The number of methoxy groups -OCH3 is 1.